The van der Waals surface area contributed by atoms with Crippen LogP contribution in [-0.2, 0) is 14.4 Å². The average molecular weight is 504 g/mol. The Morgan fingerprint density at radius 3 is 2.27 bits per heavy atom. The Morgan fingerprint density at radius 1 is 0.919 bits per heavy atom. The van der Waals surface area contributed by atoms with Crippen molar-refractivity contribution in [1.29, 1.82) is 0 Å². The van der Waals surface area contributed by atoms with Crippen LogP contribution in [0.3, 0.4) is 0 Å². The van der Waals surface area contributed by atoms with Crippen molar-refractivity contribution >= 4 is 23.4 Å². The number of likely N-dealkylation sites (N-methyl/N-ethyl adjacent to an activating group) is 1. The highest BCUT2D eigenvalue weighted by atomic mass is 19.3. The Kier molecular flexibility index (Phi) is 6.27. The highest BCUT2D eigenvalue weighted by Crippen LogP contribution is 2.61. The van der Waals surface area contributed by atoms with Crippen molar-refractivity contribution in [3.8, 4) is 11.1 Å². The Hall–Kier alpha value is -4.07. The maximum atomic E-state index is 14.4. The first-order valence-corrected chi connectivity index (χ1v) is 12.2. The van der Waals surface area contributed by atoms with Crippen molar-refractivity contribution in [2.75, 3.05) is 18.5 Å². The fourth-order valence-electron chi connectivity index (χ4n) is 5.08. The molecule has 0 bridgehead atoms. The van der Waals surface area contributed by atoms with Crippen LogP contribution in [0.1, 0.15) is 30.0 Å². The fraction of sp³-hybridized carbons (Fsp3) is 0.276. The van der Waals surface area contributed by atoms with E-state index in [0.717, 1.165) is 11.1 Å². The third kappa shape index (κ3) is 4.37. The summed E-state index contributed by atoms with van der Waals surface area (Å²) in [6.45, 7) is 1.15. The van der Waals surface area contributed by atoms with Gasteiger partial charge in [-0.1, -0.05) is 72.8 Å². The molecule has 1 fully saturated rings. The van der Waals surface area contributed by atoms with E-state index in [9.17, 15) is 23.2 Å². The highest BCUT2D eigenvalue weighted by molar-refractivity contribution is 6.07. The topological polar surface area (TPSA) is 78.5 Å². The van der Waals surface area contributed by atoms with Gasteiger partial charge >= 0.3 is 0 Å². The van der Waals surface area contributed by atoms with E-state index in [1.807, 2.05) is 36.4 Å². The molecule has 8 heteroatoms. The third-order valence-electron chi connectivity index (χ3n) is 7.34. The molecule has 4 atom stereocenters. The number of carbonyl (C=O) groups excluding carboxylic acids is 3. The van der Waals surface area contributed by atoms with Crippen molar-refractivity contribution in [3.05, 3.63) is 90.0 Å². The molecular formula is C29H27F2N3O3. The number of anilines is 1. The molecule has 3 amide bonds. The lowest BCUT2D eigenvalue weighted by molar-refractivity contribution is -0.136. The first-order chi connectivity index (χ1) is 17.7. The molecule has 3 aromatic carbocycles. The SMILES string of the molecule is CC(C(=O)NCC1C(c2ccccc2)C1(F)F)C(=O)NC1C(=O)N(C)c2ccccc2-c2ccccc21. The van der Waals surface area contributed by atoms with Gasteiger partial charge in [0.05, 0.1) is 17.5 Å². The lowest BCUT2D eigenvalue weighted by Gasteiger charge is -2.24. The van der Waals surface area contributed by atoms with Gasteiger partial charge in [0.15, 0.2) is 0 Å². The van der Waals surface area contributed by atoms with Crippen LogP contribution >= 0.6 is 0 Å². The third-order valence-corrected chi connectivity index (χ3v) is 7.34. The van der Waals surface area contributed by atoms with Gasteiger partial charge < -0.3 is 15.5 Å². The number of amides is 3. The quantitative estimate of drug-likeness (QED) is 0.493. The Morgan fingerprint density at radius 2 is 1.54 bits per heavy atom. The predicted octanol–water partition coefficient (Wildman–Crippen LogP) is 4.29. The summed E-state index contributed by atoms with van der Waals surface area (Å²) in [6, 6.07) is 22.2. The zero-order chi connectivity index (χ0) is 26.3. The number of halogens is 2. The minimum Gasteiger partial charge on any atom is -0.355 e. The number of carbonyl (C=O) groups is 3. The second-order valence-corrected chi connectivity index (χ2v) is 9.58. The van der Waals surface area contributed by atoms with Crippen LogP contribution in [0.25, 0.3) is 11.1 Å². The van der Waals surface area contributed by atoms with E-state index in [1.165, 1.54) is 11.8 Å². The molecule has 0 radical (unpaired) electrons. The van der Waals surface area contributed by atoms with Crippen molar-refractivity contribution < 1.29 is 23.2 Å². The van der Waals surface area contributed by atoms with Gasteiger partial charge in [0.2, 0.25) is 11.8 Å². The Bertz CT molecular complexity index is 1360. The molecule has 3 aromatic rings. The minimum absolute atomic E-state index is 0.244. The summed E-state index contributed by atoms with van der Waals surface area (Å²) in [5.74, 6) is -7.77. The van der Waals surface area contributed by atoms with E-state index in [1.54, 1.807) is 49.5 Å². The van der Waals surface area contributed by atoms with Crippen LogP contribution < -0.4 is 15.5 Å². The summed E-state index contributed by atoms with van der Waals surface area (Å²) in [7, 11) is 1.64. The number of benzene rings is 3. The second-order valence-electron chi connectivity index (χ2n) is 9.58. The summed E-state index contributed by atoms with van der Waals surface area (Å²) in [4.78, 5) is 40.7. The van der Waals surface area contributed by atoms with E-state index in [4.69, 9.17) is 0 Å². The van der Waals surface area contributed by atoms with E-state index in [0.29, 0.717) is 16.8 Å². The maximum absolute atomic E-state index is 14.4. The monoisotopic (exact) mass is 503 g/mol. The zero-order valence-corrected chi connectivity index (χ0v) is 20.4. The number of nitrogens with zero attached hydrogens (tertiary/aromatic N) is 1. The number of para-hydroxylation sites is 1. The number of hydrogen-bond donors (Lipinski definition) is 2. The Balaban J connectivity index is 1.28. The maximum Gasteiger partial charge on any atom is 0.260 e. The summed E-state index contributed by atoms with van der Waals surface area (Å²) >= 11 is 0. The molecule has 6 nitrogen and oxygen atoms in total. The number of rotatable bonds is 6. The molecule has 0 aromatic heterocycles. The second kappa shape index (κ2) is 9.42. The molecule has 1 heterocycles. The molecule has 0 spiro atoms. The molecule has 1 saturated carbocycles. The highest BCUT2D eigenvalue weighted by Gasteiger charge is 2.68. The van der Waals surface area contributed by atoms with E-state index < -0.39 is 41.5 Å². The molecule has 2 N–H and O–H groups in total. The van der Waals surface area contributed by atoms with Crippen molar-refractivity contribution in [3.63, 3.8) is 0 Å². The smallest absolute Gasteiger partial charge is 0.260 e. The summed E-state index contributed by atoms with van der Waals surface area (Å²) in [5, 5.41) is 5.23. The van der Waals surface area contributed by atoms with Gasteiger partial charge in [-0.25, -0.2) is 8.78 Å². The van der Waals surface area contributed by atoms with E-state index in [2.05, 4.69) is 10.6 Å². The van der Waals surface area contributed by atoms with Crippen LogP contribution in [0.15, 0.2) is 78.9 Å². The van der Waals surface area contributed by atoms with Crippen LogP contribution in [-0.4, -0.2) is 37.2 Å². The summed E-state index contributed by atoms with van der Waals surface area (Å²) < 4.78 is 28.7. The lowest BCUT2D eigenvalue weighted by Crippen LogP contribution is -2.46. The van der Waals surface area contributed by atoms with Crippen LogP contribution in [0, 0.1) is 11.8 Å². The lowest BCUT2D eigenvalue weighted by atomic mass is 9.95. The molecule has 2 aliphatic rings. The van der Waals surface area contributed by atoms with E-state index >= 15 is 0 Å². The van der Waals surface area contributed by atoms with Gasteiger partial charge in [0.25, 0.3) is 11.8 Å². The van der Waals surface area contributed by atoms with Gasteiger partial charge in [0, 0.05) is 19.2 Å². The molecule has 1 aliphatic heterocycles. The van der Waals surface area contributed by atoms with Crippen LogP contribution in [0.4, 0.5) is 14.5 Å². The van der Waals surface area contributed by atoms with Gasteiger partial charge in [-0.15, -0.1) is 0 Å². The first kappa shape index (κ1) is 24.6. The summed E-state index contributed by atoms with van der Waals surface area (Å²) in [6.07, 6.45) is 0. The van der Waals surface area contributed by atoms with E-state index in [-0.39, 0.29) is 12.5 Å². The van der Waals surface area contributed by atoms with Crippen molar-refractivity contribution in [2.45, 2.75) is 24.8 Å². The normalized spacial score (nSPS) is 22.2. The van der Waals surface area contributed by atoms with Crippen LogP contribution in [0.5, 0.6) is 0 Å². The molecule has 190 valence electrons. The average Bonchev–Trinajstić information content (AvgIpc) is 3.50. The minimum atomic E-state index is -2.92. The summed E-state index contributed by atoms with van der Waals surface area (Å²) in [5.41, 5.74) is 3.51. The van der Waals surface area contributed by atoms with Crippen LogP contribution in [0.2, 0.25) is 0 Å². The largest absolute Gasteiger partial charge is 0.355 e. The van der Waals surface area contributed by atoms with Gasteiger partial charge in [0.1, 0.15) is 12.0 Å². The Labute approximate surface area is 213 Å². The van der Waals surface area contributed by atoms with Crippen molar-refractivity contribution in [2.24, 2.45) is 11.8 Å². The fourth-order valence-corrected chi connectivity index (χ4v) is 5.08. The number of hydrogen-bond acceptors (Lipinski definition) is 3. The zero-order valence-electron chi connectivity index (χ0n) is 20.4. The van der Waals surface area contributed by atoms with Gasteiger partial charge in [-0.05, 0) is 29.7 Å². The number of nitrogens with one attached hydrogen (secondary N) is 2. The standard InChI is InChI=1S/C29H27F2N3O3/c1-17(26(35)32-16-22-24(29(22,30)31)18-10-4-3-5-11-18)27(36)33-25-21-14-7-6-12-19(21)20-13-8-9-15-23(20)34(2)28(25)37/h3-15,17,22,24-25H,16H2,1-2H3,(H,32,35)(H,33,36). The molecule has 5 rings (SSSR count). The number of alkyl halides is 2. The van der Waals surface area contributed by atoms with Crippen molar-refractivity contribution in [1.82, 2.24) is 10.6 Å². The van der Waals surface area contributed by atoms with Gasteiger partial charge in [-0.2, -0.15) is 0 Å². The molecule has 37 heavy (non-hydrogen) atoms. The van der Waals surface area contributed by atoms with Gasteiger partial charge in [-0.3, -0.25) is 14.4 Å². The molecular weight excluding hydrogens is 476 g/mol. The number of fused-ring (bicyclic) bond motifs is 3. The molecule has 0 saturated heterocycles. The first-order valence-electron chi connectivity index (χ1n) is 12.2. The molecule has 1 aliphatic carbocycles. The predicted molar refractivity (Wildman–Crippen MR) is 136 cm³/mol. The molecule has 4 unspecified atom stereocenters.